The highest BCUT2D eigenvalue weighted by atomic mass is 32.2. The summed E-state index contributed by atoms with van der Waals surface area (Å²) >= 11 is 3.09. The monoisotopic (exact) mass is 436 g/mol. The van der Waals surface area contributed by atoms with E-state index in [0.29, 0.717) is 6.42 Å². The van der Waals surface area contributed by atoms with Crippen LogP contribution in [0.25, 0.3) is 11.0 Å². The first-order valence-corrected chi connectivity index (χ1v) is 11.7. The zero-order valence-electron chi connectivity index (χ0n) is 16.4. The zero-order valence-corrected chi connectivity index (χ0v) is 18.0. The van der Waals surface area contributed by atoms with Crippen molar-refractivity contribution in [2.24, 2.45) is 5.10 Å². The van der Waals surface area contributed by atoms with Crippen LogP contribution < -0.4 is 0 Å². The summed E-state index contributed by atoms with van der Waals surface area (Å²) in [5.74, 6) is 0.967. The maximum Gasteiger partial charge on any atom is 0.253 e. The summed E-state index contributed by atoms with van der Waals surface area (Å²) in [6.45, 7) is 2.89. The van der Waals surface area contributed by atoms with Crippen LogP contribution in [0.2, 0.25) is 0 Å². The van der Waals surface area contributed by atoms with Crippen LogP contribution in [0.15, 0.2) is 74.8 Å². The highest BCUT2D eigenvalue weighted by Crippen LogP contribution is 2.35. The zero-order chi connectivity index (χ0) is 20.5. The van der Waals surface area contributed by atoms with Gasteiger partial charge in [0.05, 0.1) is 33.6 Å². The number of furan rings is 1. The number of nitrogens with zero attached hydrogens (tertiary/aromatic N) is 4. The van der Waals surface area contributed by atoms with E-state index >= 15 is 0 Å². The van der Waals surface area contributed by atoms with E-state index in [0.717, 1.165) is 39.1 Å². The molecule has 0 radical (unpaired) electrons. The fourth-order valence-corrected chi connectivity index (χ4v) is 5.35. The van der Waals surface area contributed by atoms with Crippen LogP contribution >= 0.6 is 23.1 Å². The van der Waals surface area contributed by atoms with Crippen molar-refractivity contribution in [1.29, 1.82) is 0 Å². The lowest BCUT2D eigenvalue weighted by Crippen LogP contribution is -2.28. The minimum atomic E-state index is -0.213. The molecule has 3 aromatic heterocycles. The van der Waals surface area contributed by atoms with Crippen LogP contribution in [0.4, 0.5) is 0 Å². The van der Waals surface area contributed by atoms with Gasteiger partial charge in [-0.15, -0.1) is 11.3 Å². The third-order valence-electron chi connectivity index (χ3n) is 5.10. The minimum absolute atomic E-state index is 0.0531. The molecule has 30 heavy (non-hydrogen) atoms. The standard InChI is InChI=1S/C22H20N4O2S2/c1-2-25-17-8-4-3-7-15(17)23-22(25)30-14-21(27)26-18(19-9-5-11-28-19)13-16(24-26)20-10-6-12-29-20/h3-12,18H,2,13-14H2,1H3/t18-/m1/s1. The van der Waals surface area contributed by atoms with Gasteiger partial charge in [-0.3, -0.25) is 4.79 Å². The molecule has 1 amide bonds. The van der Waals surface area contributed by atoms with Gasteiger partial charge in [0.25, 0.3) is 5.91 Å². The number of carbonyl (C=O) groups excluding carboxylic acids is 1. The predicted octanol–water partition coefficient (Wildman–Crippen LogP) is 5.18. The van der Waals surface area contributed by atoms with E-state index in [2.05, 4.69) is 22.7 Å². The van der Waals surface area contributed by atoms with Crippen molar-refractivity contribution in [2.45, 2.75) is 31.1 Å². The summed E-state index contributed by atoms with van der Waals surface area (Å²) in [6.07, 6.45) is 2.29. The first kappa shape index (κ1) is 19.1. The molecular weight excluding hydrogens is 416 g/mol. The molecule has 6 nitrogen and oxygen atoms in total. The molecule has 0 N–H and O–H groups in total. The number of fused-ring (bicyclic) bond motifs is 1. The predicted molar refractivity (Wildman–Crippen MR) is 120 cm³/mol. The number of hydrogen-bond donors (Lipinski definition) is 0. The number of aryl methyl sites for hydroxylation is 1. The molecule has 152 valence electrons. The Morgan fingerprint density at radius 1 is 1.23 bits per heavy atom. The highest BCUT2D eigenvalue weighted by molar-refractivity contribution is 7.99. The molecule has 5 rings (SSSR count). The van der Waals surface area contributed by atoms with E-state index in [1.165, 1.54) is 11.8 Å². The van der Waals surface area contributed by atoms with E-state index < -0.39 is 0 Å². The summed E-state index contributed by atoms with van der Waals surface area (Å²) in [7, 11) is 0. The third-order valence-corrected chi connectivity index (χ3v) is 6.98. The number of carbonyl (C=O) groups is 1. The van der Waals surface area contributed by atoms with Crippen molar-refractivity contribution in [1.82, 2.24) is 14.6 Å². The summed E-state index contributed by atoms with van der Waals surface area (Å²) in [5.41, 5.74) is 2.95. The van der Waals surface area contributed by atoms with E-state index in [4.69, 9.17) is 9.40 Å². The van der Waals surface area contributed by atoms with Crippen LogP contribution in [-0.4, -0.2) is 31.9 Å². The molecule has 0 saturated heterocycles. The lowest BCUT2D eigenvalue weighted by atomic mass is 10.1. The molecule has 0 aliphatic carbocycles. The van der Waals surface area contributed by atoms with Crippen LogP contribution in [-0.2, 0) is 11.3 Å². The van der Waals surface area contributed by atoms with E-state index in [1.807, 2.05) is 47.8 Å². The van der Waals surface area contributed by atoms with Gasteiger partial charge in [-0.2, -0.15) is 5.10 Å². The average molecular weight is 437 g/mol. The summed E-state index contributed by atoms with van der Waals surface area (Å²) in [4.78, 5) is 19.0. The van der Waals surface area contributed by atoms with E-state index in [-0.39, 0.29) is 17.7 Å². The molecule has 1 atom stereocenters. The topological polar surface area (TPSA) is 63.6 Å². The Kier molecular flexibility index (Phi) is 5.18. The normalized spacial score (nSPS) is 16.4. The molecule has 1 aromatic carbocycles. The van der Waals surface area contributed by atoms with Crippen molar-refractivity contribution >= 4 is 45.8 Å². The second-order valence-electron chi connectivity index (χ2n) is 6.91. The first-order chi connectivity index (χ1) is 14.7. The Bertz CT molecular complexity index is 1200. The van der Waals surface area contributed by atoms with Crippen molar-refractivity contribution in [3.8, 4) is 0 Å². The number of thioether (sulfide) groups is 1. The second-order valence-corrected chi connectivity index (χ2v) is 8.80. The Balaban J connectivity index is 1.39. The van der Waals surface area contributed by atoms with Crippen LogP contribution in [0.1, 0.15) is 30.0 Å². The lowest BCUT2D eigenvalue weighted by molar-refractivity contribution is -0.130. The second kappa shape index (κ2) is 8.12. The maximum absolute atomic E-state index is 13.2. The number of aromatic nitrogens is 2. The van der Waals surface area contributed by atoms with Crippen molar-refractivity contribution in [2.75, 3.05) is 5.75 Å². The third kappa shape index (κ3) is 3.46. The fraction of sp³-hybridized carbons (Fsp3) is 0.227. The average Bonchev–Trinajstić information content (AvgIpc) is 3.55. The molecule has 4 aromatic rings. The number of amides is 1. The van der Waals surface area contributed by atoms with Crippen molar-refractivity contribution in [3.05, 3.63) is 70.8 Å². The van der Waals surface area contributed by atoms with Crippen molar-refractivity contribution < 1.29 is 9.21 Å². The SMILES string of the molecule is CCn1c(SCC(=O)N2N=C(c3cccs3)C[C@@H]2c2ccco2)nc2ccccc21. The Labute approximate surface area is 182 Å². The van der Waals surface area contributed by atoms with Gasteiger partial charge in [0.1, 0.15) is 11.8 Å². The molecule has 0 unspecified atom stereocenters. The number of rotatable bonds is 6. The van der Waals surface area contributed by atoms with Gasteiger partial charge in [0, 0.05) is 13.0 Å². The van der Waals surface area contributed by atoms with E-state index in [9.17, 15) is 4.79 Å². The van der Waals surface area contributed by atoms with Gasteiger partial charge in [0.2, 0.25) is 0 Å². The summed E-state index contributed by atoms with van der Waals surface area (Å²) in [6, 6.07) is 15.6. The number of imidazole rings is 1. The van der Waals surface area contributed by atoms with Crippen LogP contribution in [0, 0.1) is 0 Å². The molecular formula is C22H20N4O2S2. The Morgan fingerprint density at radius 3 is 2.90 bits per heavy atom. The highest BCUT2D eigenvalue weighted by Gasteiger charge is 2.35. The molecule has 0 saturated carbocycles. The molecule has 4 heterocycles. The Morgan fingerprint density at radius 2 is 2.13 bits per heavy atom. The lowest BCUT2D eigenvalue weighted by Gasteiger charge is -2.19. The number of thiophene rings is 1. The molecule has 0 spiro atoms. The van der Waals surface area contributed by atoms with Gasteiger partial charge in [-0.25, -0.2) is 9.99 Å². The summed E-state index contributed by atoms with van der Waals surface area (Å²) < 4.78 is 7.76. The number of benzene rings is 1. The molecule has 1 aliphatic heterocycles. The minimum Gasteiger partial charge on any atom is -0.467 e. The Hall–Kier alpha value is -2.84. The van der Waals surface area contributed by atoms with Crippen LogP contribution in [0.5, 0.6) is 0 Å². The molecule has 0 fully saturated rings. The molecule has 8 heteroatoms. The van der Waals surface area contributed by atoms with Gasteiger partial charge >= 0.3 is 0 Å². The largest absolute Gasteiger partial charge is 0.467 e. The first-order valence-electron chi connectivity index (χ1n) is 9.79. The summed E-state index contributed by atoms with van der Waals surface area (Å²) in [5, 5.41) is 9.13. The van der Waals surface area contributed by atoms with Gasteiger partial charge in [-0.05, 0) is 42.6 Å². The molecule has 1 aliphatic rings. The van der Waals surface area contributed by atoms with Gasteiger partial charge < -0.3 is 8.98 Å². The fourth-order valence-electron chi connectivity index (χ4n) is 3.70. The van der Waals surface area contributed by atoms with Gasteiger partial charge in [-0.1, -0.05) is 30.0 Å². The van der Waals surface area contributed by atoms with Crippen molar-refractivity contribution in [3.63, 3.8) is 0 Å². The van der Waals surface area contributed by atoms with E-state index in [1.54, 1.807) is 22.6 Å². The van der Waals surface area contributed by atoms with Gasteiger partial charge in [0.15, 0.2) is 5.16 Å². The maximum atomic E-state index is 13.2. The number of para-hydroxylation sites is 2. The quantitative estimate of drug-likeness (QED) is 0.391. The van der Waals surface area contributed by atoms with Crippen LogP contribution in [0.3, 0.4) is 0 Å². The molecule has 0 bridgehead atoms. The number of hydrazone groups is 1. The number of hydrogen-bond acceptors (Lipinski definition) is 6. The smallest absolute Gasteiger partial charge is 0.253 e.